The summed E-state index contributed by atoms with van der Waals surface area (Å²) in [5, 5.41) is 2.63. The van der Waals surface area contributed by atoms with E-state index in [0.717, 1.165) is 4.57 Å². The van der Waals surface area contributed by atoms with Crippen LogP contribution in [-0.4, -0.2) is 20.4 Å². The Morgan fingerprint density at radius 1 is 1.35 bits per heavy atom. The van der Waals surface area contributed by atoms with Gasteiger partial charge < -0.3 is 14.7 Å². The highest BCUT2D eigenvalue weighted by atomic mass is 16.3. The number of fused-ring (bicyclic) bond motifs is 1. The number of aromatic nitrogens is 3. The highest BCUT2D eigenvalue weighted by molar-refractivity contribution is 5.78. The standard InChI is InChI=1S/C15H14N4O4/c1-19-14(21)9(7-17-15(19)22)6-12(20)16-8-13-18-10-4-2-3-5-11(10)23-13/h2-5,7H,6,8H2,1H3,(H,16,20)(H,17,22). The molecule has 23 heavy (non-hydrogen) atoms. The Hall–Kier alpha value is -3.16. The number of H-pyrrole nitrogens is 1. The average molecular weight is 314 g/mol. The first kappa shape index (κ1) is 14.8. The molecule has 0 spiro atoms. The molecule has 0 bridgehead atoms. The Bertz CT molecular complexity index is 950. The lowest BCUT2D eigenvalue weighted by molar-refractivity contribution is -0.120. The van der Waals surface area contributed by atoms with Gasteiger partial charge in [0.2, 0.25) is 11.8 Å². The lowest BCUT2D eigenvalue weighted by Crippen LogP contribution is -2.36. The van der Waals surface area contributed by atoms with Crippen molar-refractivity contribution in [2.24, 2.45) is 7.05 Å². The summed E-state index contributed by atoms with van der Waals surface area (Å²) in [4.78, 5) is 41.7. The van der Waals surface area contributed by atoms with Crippen LogP contribution >= 0.6 is 0 Å². The van der Waals surface area contributed by atoms with Gasteiger partial charge in [0, 0.05) is 18.8 Å². The molecule has 0 aliphatic rings. The van der Waals surface area contributed by atoms with Crippen molar-refractivity contribution in [2.45, 2.75) is 13.0 Å². The second-order valence-corrected chi connectivity index (χ2v) is 5.01. The van der Waals surface area contributed by atoms with Gasteiger partial charge in [-0.05, 0) is 12.1 Å². The van der Waals surface area contributed by atoms with Gasteiger partial charge in [-0.1, -0.05) is 12.1 Å². The number of aromatic amines is 1. The van der Waals surface area contributed by atoms with E-state index in [1.165, 1.54) is 13.2 Å². The third kappa shape index (κ3) is 3.05. The fourth-order valence-corrected chi connectivity index (χ4v) is 2.15. The van der Waals surface area contributed by atoms with E-state index in [-0.39, 0.29) is 24.4 Å². The summed E-state index contributed by atoms with van der Waals surface area (Å²) in [7, 11) is 1.35. The summed E-state index contributed by atoms with van der Waals surface area (Å²) in [6.07, 6.45) is 1.12. The number of rotatable bonds is 4. The van der Waals surface area contributed by atoms with Gasteiger partial charge in [-0.3, -0.25) is 14.2 Å². The second-order valence-electron chi connectivity index (χ2n) is 5.01. The van der Waals surface area contributed by atoms with Gasteiger partial charge in [0.15, 0.2) is 5.58 Å². The summed E-state index contributed by atoms with van der Waals surface area (Å²) in [6.45, 7) is 0.122. The fourth-order valence-electron chi connectivity index (χ4n) is 2.15. The zero-order valence-corrected chi connectivity index (χ0v) is 12.3. The maximum absolute atomic E-state index is 11.9. The molecular weight excluding hydrogens is 300 g/mol. The lowest BCUT2D eigenvalue weighted by Gasteiger charge is -2.03. The number of amides is 1. The molecule has 2 heterocycles. The van der Waals surface area contributed by atoms with Gasteiger partial charge >= 0.3 is 5.69 Å². The van der Waals surface area contributed by atoms with E-state index >= 15 is 0 Å². The van der Waals surface area contributed by atoms with Crippen molar-refractivity contribution in [1.29, 1.82) is 0 Å². The molecular formula is C15H14N4O4. The average Bonchev–Trinajstić information content (AvgIpc) is 2.96. The zero-order valence-electron chi connectivity index (χ0n) is 12.3. The molecule has 0 saturated heterocycles. The molecule has 0 unspecified atom stereocenters. The Morgan fingerprint density at radius 2 is 2.13 bits per heavy atom. The van der Waals surface area contributed by atoms with Crippen molar-refractivity contribution in [3.8, 4) is 0 Å². The maximum atomic E-state index is 11.9. The van der Waals surface area contributed by atoms with Gasteiger partial charge in [0.25, 0.3) is 5.56 Å². The summed E-state index contributed by atoms with van der Waals surface area (Å²) < 4.78 is 6.41. The summed E-state index contributed by atoms with van der Waals surface area (Å²) in [5.41, 5.74) is 0.552. The predicted octanol–water partition coefficient (Wildman–Crippen LogP) is 0.0737. The van der Waals surface area contributed by atoms with Crippen molar-refractivity contribution in [3.63, 3.8) is 0 Å². The lowest BCUT2D eigenvalue weighted by atomic mass is 10.2. The Balaban J connectivity index is 1.67. The van der Waals surface area contributed by atoms with Crippen LogP contribution in [0.1, 0.15) is 11.5 Å². The molecule has 0 atom stereocenters. The second kappa shape index (κ2) is 5.91. The molecule has 3 rings (SSSR count). The van der Waals surface area contributed by atoms with Crippen molar-refractivity contribution < 1.29 is 9.21 Å². The van der Waals surface area contributed by atoms with Crippen molar-refractivity contribution >= 4 is 17.0 Å². The van der Waals surface area contributed by atoms with Crippen LogP contribution in [0.5, 0.6) is 0 Å². The highest BCUT2D eigenvalue weighted by Crippen LogP contribution is 2.14. The number of nitrogens with one attached hydrogen (secondary N) is 2. The van der Waals surface area contributed by atoms with Crippen LogP contribution in [0.4, 0.5) is 0 Å². The molecule has 1 amide bonds. The molecule has 8 heteroatoms. The molecule has 1 aromatic carbocycles. The Morgan fingerprint density at radius 3 is 2.91 bits per heavy atom. The number of carbonyl (C=O) groups is 1. The fraction of sp³-hybridized carbons (Fsp3) is 0.200. The van der Waals surface area contributed by atoms with E-state index < -0.39 is 11.2 Å². The number of para-hydroxylation sites is 2. The number of carbonyl (C=O) groups excluding carboxylic acids is 1. The van der Waals surface area contributed by atoms with Crippen LogP contribution in [0.3, 0.4) is 0 Å². The van der Waals surface area contributed by atoms with E-state index in [1.54, 1.807) is 6.07 Å². The van der Waals surface area contributed by atoms with Crippen molar-refractivity contribution in [3.05, 3.63) is 62.8 Å². The number of nitrogens with zero attached hydrogens (tertiary/aromatic N) is 2. The molecule has 2 aromatic heterocycles. The largest absolute Gasteiger partial charge is 0.439 e. The van der Waals surface area contributed by atoms with E-state index in [9.17, 15) is 14.4 Å². The molecule has 118 valence electrons. The predicted molar refractivity (Wildman–Crippen MR) is 81.9 cm³/mol. The number of oxazole rings is 1. The molecule has 0 aliphatic carbocycles. The van der Waals surface area contributed by atoms with E-state index in [4.69, 9.17) is 4.42 Å². The highest BCUT2D eigenvalue weighted by Gasteiger charge is 2.11. The maximum Gasteiger partial charge on any atom is 0.328 e. The van der Waals surface area contributed by atoms with Gasteiger partial charge in [0.1, 0.15) is 5.52 Å². The minimum atomic E-state index is -0.523. The molecule has 0 saturated carbocycles. The normalized spacial score (nSPS) is 10.8. The minimum Gasteiger partial charge on any atom is -0.439 e. The van der Waals surface area contributed by atoms with E-state index in [2.05, 4.69) is 15.3 Å². The molecule has 0 fully saturated rings. The Labute approximate surface area is 129 Å². The molecule has 2 N–H and O–H groups in total. The first-order chi connectivity index (χ1) is 11.0. The number of benzene rings is 1. The van der Waals surface area contributed by atoms with Crippen LogP contribution in [0.15, 0.2) is 44.5 Å². The van der Waals surface area contributed by atoms with Gasteiger partial charge in [-0.25, -0.2) is 9.78 Å². The van der Waals surface area contributed by atoms with Gasteiger partial charge in [0.05, 0.1) is 13.0 Å². The number of hydrogen-bond donors (Lipinski definition) is 2. The van der Waals surface area contributed by atoms with Crippen LogP contribution < -0.4 is 16.6 Å². The van der Waals surface area contributed by atoms with Crippen LogP contribution in [-0.2, 0) is 24.8 Å². The summed E-state index contributed by atoms with van der Waals surface area (Å²) in [5.74, 6) is 0.0188. The monoisotopic (exact) mass is 314 g/mol. The first-order valence-corrected chi connectivity index (χ1v) is 6.93. The Kier molecular flexibility index (Phi) is 3.80. The van der Waals surface area contributed by atoms with Crippen LogP contribution in [0.2, 0.25) is 0 Å². The summed E-state index contributed by atoms with van der Waals surface area (Å²) >= 11 is 0. The molecule has 3 aromatic rings. The smallest absolute Gasteiger partial charge is 0.328 e. The SMILES string of the molecule is Cn1c(=O)[nH]cc(CC(=O)NCc2nc3ccccc3o2)c1=O. The molecule has 8 nitrogen and oxygen atoms in total. The molecule has 0 radical (unpaired) electrons. The first-order valence-electron chi connectivity index (χ1n) is 6.93. The van der Waals surface area contributed by atoms with Gasteiger partial charge in [-0.2, -0.15) is 0 Å². The zero-order chi connectivity index (χ0) is 16.4. The topological polar surface area (TPSA) is 110 Å². The quantitative estimate of drug-likeness (QED) is 0.708. The van der Waals surface area contributed by atoms with E-state index in [1.807, 2.05) is 18.2 Å². The number of hydrogen-bond acceptors (Lipinski definition) is 5. The van der Waals surface area contributed by atoms with Crippen LogP contribution in [0.25, 0.3) is 11.1 Å². The van der Waals surface area contributed by atoms with Crippen LogP contribution in [0, 0.1) is 0 Å². The minimum absolute atomic E-state index is 0.122. The summed E-state index contributed by atoms with van der Waals surface area (Å²) in [6, 6.07) is 7.28. The van der Waals surface area contributed by atoms with E-state index in [0.29, 0.717) is 17.0 Å². The third-order valence-corrected chi connectivity index (χ3v) is 3.38. The molecule has 0 aliphatic heterocycles. The third-order valence-electron chi connectivity index (χ3n) is 3.38. The van der Waals surface area contributed by atoms with Crippen molar-refractivity contribution in [1.82, 2.24) is 19.9 Å². The van der Waals surface area contributed by atoms with Gasteiger partial charge in [-0.15, -0.1) is 0 Å². The van der Waals surface area contributed by atoms with Crippen molar-refractivity contribution in [2.75, 3.05) is 0 Å².